The van der Waals surface area contributed by atoms with E-state index in [1.807, 2.05) is 20.8 Å². The van der Waals surface area contributed by atoms with E-state index in [1.54, 1.807) is 4.90 Å². The first-order chi connectivity index (χ1) is 11.2. The highest BCUT2D eigenvalue weighted by atomic mass is 16.6. The highest BCUT2D eigenvalue weighted by Crippen LogP contribution is 2.49. The van der Waals surface area contributed by atoms with Crippen LogP contribution < -0.4 is 5.32 Å². The molecule has 5 atom stereocenters. The number of rotatable bonds is 3. The Hall–Kier alpha value is -1.26. The Morgan fingerprint density at radius 2 is 1.92 bits per heavy atom. The zero-order valence-electron chi connectivity index (χ0n) is 15.5. The fourth-order valence-corrected chi connectivity index (χ4v) is 4.82. The quantitative estimate of drug-likeness (QED) is 0.861. The number of amides is 2. The molecule has 136 valence electrons. The Bertz CT molecular complexity index is 499. The SMILES string of the molecule is CC(NC(=O)C1CCN(C(=O)OC(C)(C)C)C1)C1CC2CCC1C2. The number of nitrogens with one attached hydrogen (secondary N) is 1. The van der Waals surface area contributed by atoms with Gasteiger partial charge in [-0.1, -0.05) is 6.42 Å². The first kappa shape index (κ1) is 17.6. The summed E-state index contributed by atoms with van der Waals surface area (Å²) in [5, 5.41) is 3.24. The third kappa shape index (κ3) is 3.86. The topological polar surface area (TPSA) is 58.6 Å². The van der Waals surface area contributed by atoms with Crippen LogP contribution in [0.15, 0.2) is 0 Å². The number of nitrogens with zero attached hydrogens (tertiary/aromatic N) is 1. The predicted molar refractivity (Wildman–Crippen MR) is 92.5 cm³/mol. The summed E-state index contributed by atoms with van der Waals surface area (Å²) in [5.74, 6) is 2.37. The fraction of sp³-hybridized carbons (Fsp3) is 0.895. The molecule has 0 aromatic rings. The Morgan fingerprint density at radius 1 is 1.17 bits per heavy atom. The molecule has 1 aliphatic heterocycles. The van der Waals surface area contributed by atoms with Crippen molar-refractivity contribution in [2.24, 2.45) is 23.7 Å². The van der Waals surface area contributed by atoms with Crippen molar-refractivity contribution in [1.82, 2.24) is 10.2 Å². The van der Waals surface area contributed by atoms with E-state index in [2.05, 4.69) is 12.2 Å². The molecule has 1 heterocycles. The van der Waals surface area contributed by atoms with E-state index >= 15 is 0 Å². The average Bonchev–Trinajstić information content (AvgIpc) is 3.21. The summed E-state index contributed by atoms with van der Waals surface area (Å²) >= 11 is 0. The average molecular weight is 336 g/mol. The van der Waals surface area contributed by atoms with Crippen LogP contribution in [-0.2, 0) is 9.53 Å². The molecule has 3 rings (SSSR count). The smallest absolute Gasteiger partial charge is 0.410 e. The number of fused-ring (bicyclic) bond motifs is 2. The Morgan fingerprint density at radius 3 is 2.50 bits per heavy atom. The van der Waals surface area contributed by atoms with Crippen molar-refractivity contribution in [3.8, 4) is 0 Å². The summed E-state index contributed by atoms with van der Waals surface area (Å²) in [7, 11) is 0. The van der Waals surface area contributed by atoms with Gasteiger partial charge in [-0.05, 0) is 71.1 Å². The molecule has 2 amide bonds. The molecule has 0 radical (unpaired) electrons. The van der Waals surface area contributed by atoms with Crippen molar-refractivity contribution >= 4 is 12.0 Å². The summed E-state index contributed by atoms with van der Waals surface area (Å²) in [6.45, 7) is 8.83. The number of carbonyl (C=O) groups is 2. The summed E-state index contributed by atoms with van der Waals surface area (Å²) in [4.78, 5) is 26.4. The highest BCUT2D eigenvalue weighted by Gasteiger charge is 2.43. The van der Waals surface area contributed by atoms with Gasteiger partial charge in [0.25, 0.3) is 0 Å². The maximum Gasteiger partial charge on any atom is 0.410 e. The van der Waals surface area contributed by atoms with Crippen molar-refractivity contribution in [3.63, 3.8) is 0 Å². The van der Waals surface area contributed by atoms with Crippen molar-refractivity contribution in [2.75, 3.05) is 13.1 Å². The Labute approximate surface area is 145 Å². The van der Waals surface area contributed by atoms with Crippen molar-refractivity contribution in [1.29, 1.82) is 0 Å². The maximum absolute atomic E-state index is 12.6. The normalized spacial score (nSPS) is 33.6. The number of hydrogen-bond acceptors (Lipinski definition) is 3. The van der Waals surface area contributed by atoms with Gasteiger partial charge in [-0.2, -0.15) is 0 Å². The molecule has 0 aromatic heterocycles. The van der Waals surface area contributed by atoms with Crippen LogP contribution in [0.5, 0.6) is 0 Å². The molecule has 0 aromatic carbocycles. The molecule has 5 unspecified atom stereocenters. The van der Waals surface area contributed by atoms with Crippen LogP contribution in [0.25, 0.3) is 0 Å². The molecule has 5 heteroatoms. The van der Waals surface area contributed by atoms with Gasteiger partial charge in [0.2, 0.25) is 5.91 Å². The summed E-state index contributed by atoms with van der Waals surface area (Å²) < 4.78 is 5.40. The molecule has 1 N–H and O–H groups in total. The molecule has 1 saturated heterocycles. The molecule has 2 aliphatic carbocycles. The lowest BCUT2D eigenvalue weighted by atomic mass is 9.84. The van der Waals surface area contributed by atoms with Crippen LogP contribution >= 0.6 is 0 Å². The first-order valence-electron chi connectivity index (χ1n) is 9.51. The molecule has 3 fully saturated rings. The van der Waals surface area contributed by atoms with E-state index in [4.69, 9.17) is 4.74 Å². The summed E-state index contributed by atoms with van der Waals surface area (Å²) in [6, 6.07) is 0.253. The third-order valence-electron chi connectivity index (χ3n) is 6.02. The number of likely N-dealkylation sites (tertiary alicyclic amines) is 1. The van der Waals surface area contributed by atoms with Crippen LogP contribution in [0, 0.1) is 23.7 Å². The second kappa shape index (κ2) is 6.57. The van der Waals surface area contributed by atoms with Crippen molar-refractivity contribution in [3.05, 3.63) is 0 Å². The van der Waals surface area contributed by atoms with E-state index < -0.39 is 5.60 Å². The van der Waals surface area contributed by atoms with Gasteiger partial charge >= 0.3 is 6.09 Å². The minimum absolute atomic E-state index is 0.0986. The standard InChI is InChI=1S/C19H32N2O3/c1-12(16-10-13-5-6-14(16)9-13)20-17(22)15-7-8-21(11-15)18(23)24-19(2,3)4/h12-16H,5-11H2,1-4H3,(H,20,22). The van der Waals surface area contributed by atoms with Crippen molar-refractivity contribution < 1.29 is 14.3 Å². The van der Waals surface area contributed by atoms with Crippen LogP contribution in [0.2, 0.25) is 0 Å². The monoisotopic (exact) mass is 336 g/mol. The third-order valence-corrected chi connectivity index (χ3v) is 6.02. The zero-order valence-corrected chi connectivity index (χ0v) is 15.5. The molecular formula is C19H32N2O3. The van der Waals surface area contributed by atoms with Gasteiger partial charge < -0.3 is 15.0 Å². The highest BCUT2D eigenvalue weighted by molar-refractivity contribution is 5.80. The molecule has 2 bridgehead atoms. The van der Waals surface area contributed by atoms with E-state index in [0.29, 0.717) is 19.0 Å². The van der Waals surface area contributed by atoms with Gasteiger partial charge in [-0.25, -0.2) is 4.79 Å². The Balaban J connectivity index is 1.47. The lowest BCUT2D eigenvalue weighted by Gasteiger charge is -2.29. The number of carbonyl (C=O) groups excluding carboxylic acids is 2. The first-order valence-corrected chi connectivity index (χ1v) is 9.51. The summed E-state index contributed by atoms with van der Waals surface area (Å²) in [5.41, 5.74) is -0.492. The second-order valence-corrected chi connectivity index (χ2v) is 9.05. The lowest BCUT2D eigenvalue weighted by molar-refractivity contribution is -0.125. The van der Waals surface area contributed by atoms with E-state index in [9.17, 15) is 9.59 Å². The number of hydrogen-bond donors (Lipinski definition) is 1. The molecular weight excluding hydrogens is 304 g/mol. The molecule has 3 aliphatic rings. The predicted octanol–water partition coefficient (Wildman–Crippen LogP) is 3.18. The van der Waals surface area contributed by atoms with Crippen LogP contribution in [0.3, 0.4) is 0 Å². The lowest BCUT2D eigenvalue weighted by Crippen LogP contribution is -2.44. The maximum atomic E-state index is 12.6. The van der Waals surface area contributed by atoms with Gasteiger partial charge in [0.15, 0.2) is 0 Å². The second-order valence-electron chi connectivity index (χ2n) is 9.05. The fourth-order valence-electron chi connectivity index (χ4n) is 4.82. The van der Waals surface area contributed by atoms with Crippen LogP contribution in [0.1, 0.15) is 59.8 Å². The van der Waals surface area contributed by atoms with E-state index in [0.717, 1.165) is 18.3 Å². The molecule has 5 nitrogen and oxygen atoms in total. The summed E-state index contributed by atoms with van der Waals surface area (Å²) in [6.07, 6.45) is 5.79. The van der Waals surface area contributed by atoms with Crippen molar-refractivity contribution in [2.45, 2.75) is 71.4 Å². The van der Waals surface area contributed by atoms with Gasteiger partial charge in [0.1, 0.15) is 5.60 Å². The minimum Gasteiger partial charge on any atom is -0.444 e. The van der Waals surface area contributed by atoms with E-state index in [-0.39, 0.29) is 24.0 Å². The minimum atomic E-state index is -0.492. The van der Waals surface area contributed by atoms with Gasteiger partial charge in [0, 0.05) is 19.1 Å². The Kier molecular flexibility index (Phi) is 4.80. The van der Waals surface area contributed by atoms with Crippen LogP contribution in [0.4, 0.5) is 4.79 Å². The van der Waals surface area contributed by atoms with E-state index in [1.165, 1.54) is 25.7 Å². The van der Waals surface area contributed by atoms with Gasteiger partial charge in [0.05, 0.1) is 5.92 Å². The molecule has 2 saturated carbocycles. The number of ether oxygens (including phenoxy) is 1. The zero-order chi connectivity index (χ0) is 17.5. The van der Waals surface area contributed by atoms with Gasteiger partial charge in [-0.15, -0.1) is 0 Å². The molecule has 24 heavy (non-hydrogen) atoms. The van der Waals surface area contributed by atoms with Gasteiger partial charge in [-0.3, -0.25) is 4.79 Å². The van der Waals surface area contributed by atoms with Crippen LogP contribution in [-0.4, -0.2) is 41.6 Å². The molecule has 0 spiro atoms. The largest absolute Gasteiger partial charge is 0.444 e.